The Kier molecular flexibility index (Phi) is 6.90. The Bertz CT molecular complexity index is 848. The van der Waals surface area contributed by atoms with Crippen molar-refractivity contribution < 1.29 is 8.78 Å². The van der Waals surface area contributed by atoms with Gasteiger partial charge in [0.05, 0.1) is 41.6 Å². The molecule has 1 saturated carbocycles. The Morgan fingerprint density at radius 3 is 2.58 bits per heavy atom. The molecular formula is C21H34F2N8. The van der Waals surface area contributed by atoms with Crippen LogP contribution in [0.15, 0.2) is 29.7 Å². The number of anilines is 1. The Morgan fingerprint density at radius 2 is 2.00 bits per heavy atom. The highest BCUT2D eigenvalue weighted by Crippen LogP contribution is 2.34. The summed E-state index contributed by atoms with van der Waals surface area (Å²) < 4.78 is 27.6. The van der Waals surface area contributed by atoms with Crippen LogP contribution in [0.2, 0.25) is 0 Å². The van der Waals surface area contributed by atoms with Crippen LogP contribution in [0.25, 0.3) is 5.70 Å². The predicted molar refractivity (Wildman–Crippen MR) is 119 cm³/mol. The average molecular weight is 437 g/mol. The van der Waals surface area contributed by atoms with Crippen molar-refractivity contribution in [3.05, 3.63) is 41.1 Å². The van der Waals surface area contributed by atoms with Crippen LogP contribution in [0, 0.1) is 12.8 Å². The van der Waals surface area contributed by atoms with E-state index in [9.17, 15) is 8.78 Å². The van der Waals surface area contributed by atoms with Gasteiger partial charge in [-0.25, -0.2) is 25.5 Å². The molecule has 8 N–H and O–H groups in total. The molecule has 10 heteroatoms. The maximum atomic E-state index is 13.8. The number of allylic oxidation sites excluding steroid dienone is 1. The minimum absolute atomic E-state index is 0.0782. The van der Waals surface area contributed by atoms with Crippen molar-refractivity contribution >= 4 is 11.4 Å². The monoisotopic (exact) mass is 436 g/mol. The molecule has 8 nitrogen and oxygen atoms in total. The molecule has 0 radical (unpaired) electrons. The van der Waals surface area contributed by atoms with Crippen LogP contribution in [-0.4, -0.2) is 47.6 Å². The zero-order valence-corrected chi connectivity index (χ0v) is 18.3. The van der Waals surface area contributed by atoms with Gasteiger partial charge in [-0.1, -0.05) is 0 Å². The minimum atomic E-state index is -2.68. The quantitative estimate of drug-likeness (QED) is 0.359. The highest BCUT2D eigenvalue weighted by Gasteiger charge is 2.35. The Labute approximate surface area is 182 Å². The third kappa shape index (κ3) is 6.20. The number of aromatic nitrogens is 1. The van der Waals surface area contributed by atoms with Crippen molar-refractivity contribution in [2.24, 2.45) is 29.1 Å². The van der Waals surface area contributed by atoms with E-state index >= 15 is 0 Å². The second-order valence-corrected chi connectivity index (χ2v) is 8.68. The van der Waals surface area contributed by atoms with Crippen LogP contribution in [0.1, 0.15) is 43.5 Å². The number of halogens is 2. The van der Waals surface area contributed by atoms with Crippen LogP contribution in [0.4, 0.5) is 14.5 Å². The zero-order valence-electron chi connectivity index (χ0n) is 18.3. The van der Waals surface area contributed by atoms with Gasteiger partial charge in [-0.15, -0.1) is 0 Å². The first kappa shape index (κ1) is 23.1. The van der Waals surface area contributed by atoms with Crippen LogP contribution in [0.5, 0.6) is 0 Å². The summed E-state index contributed by atoms with van der Waals surface area (Å²) in [7, 11) is 1.67. The number of likely N-dealkylation sites (N-methyl/N-ethyl adjacent to an activating group) is 1. The first-order valence-electron chi connectivity index (χ1n) is 10.6. The van der Waals surface area contributed by atoms with Crippen molar-refractivity contribution in [2.75, 3.05) is 31.6 Å². The number of alkyl halides is 2. The smallest absolute Gasteiger partial charge is 0.265 e. The molecule has 172 valence electrons. The molecule has 3 rings (SSSR count). The van der Waals surface area contributed by atoms with Crippen molar-refractivity contribution in [1.29, 1.82) is 0 Å². The Hall–Kier alpha value is -2.59. The van der Waals surface area contributed by atoms with Gasteiger partial charge in [-0.05, 0) is 50.7 Å². The number of hydrazine groups is 2. The molecule has 1 aromatic rings. The number of aryl methyl sites for hydroxylation is 1. The van der Waals surface area contributed by atoms with E-state index in [1.165, 1.54) is 22.9 Å². The lowest BCUT2D eigenvalue weighted by Crippen LogP contribution is -2.43. The minimum Gasteiger partial charge on any atom is -0.401 e. The first-order valence-corrected chi connectivity index (χ1v) is 10.6. The largest absolute Gasteiger partial charge is 0.401 e. The highest BCUT2D eigenvalue weighted by molar-refractivity contribution is 5.65. The van der Waals surface area contributed by atoms with E-state index in [2.05, 4.69) is 4.98 Å². The lowest BCUT2D eigenvalue weighted by molar-refractivity contribution is -0.0117. The van der Waals surface area contributed by atoms with Gasteiger partial charge in [0, 0.05) is 31.9 Å². The fourth-order valence-corrected chi connectivity index (χ4v) is 3.88. The first-order chi connectivity index (χ1) is 14.6. The maximum Gasteiger partial charge on any atom is 0.265 e. The van der Waals surface area contributed by atoms with E-state index in [0.717, 1.165) is 12.1 Å². The van der Waals surface area contributed by atoms with E-state index in [-0.39, 0.29) is 19.5 Å². The van der Waals surface area contributed by atoms with Gasteiger partial charge >= 0.3 is 0 Å². The zero-order chi connectivity index (χ0) is 22.8. The molecule has 1 aromatic heterocycles. The molecule has 0 bridgehead atoms. The molecule has 1 aliphatic carbocycles. The summed E-state index contributed by atoms with van der Waals surface area (Å²) in [6.45, 7) is 2.32. The average Bonchev–Trinajstić information content (AvgIpc) is 3.48. The van der Waals surface area contributed by atoms with E-state index in [1.807, 2.05) is 0 Å². The number of piperidine rings is 1. The molecule has 1 saturated heterocycles. The lowest BCUT2D eigenvalue weighted by Gasteiger charge is -2.34. The van der Waals surface area contributed by atoms with Gasteiger partial charge in [0.15, 0.2) is 0 Å². The van der Waals surface area contributed by atoms with Crippen LogP contribution in [0.3, 0.4) is 0 Å². The van der Waals surface area contributed by atoms with Gasteiger partial charge in [0.1, 0.15) is 0 Å². The van der Waals surface area contributed by atoms with Gasteiger partial charge in [-0.3, -0.25) is 0 Å². The van der Waals surface area contributed by atoms with Crippen molar-refractivity contribution in [1.82, 2.24) is 15.0 Å². The summed E-state index contributed by atoms with van der Waals surface area (Å²) in [5.41, 5.74) is 15.9. The van der Waals surface area contributed by atoms with Gasteiger partial charge in [0.2, 0.25) is 0 Å². The van der Waals surface area contributed by atoms with E-state index in [0.29, 0.717) is 47.4 Å². The Balaban J connectivity index is 1.78. The lowest BCUT2D eigenvalue weighted by atomic mass is 10.1. The third-order valence-corrected chi connectivity index (χ3v) is 5.69. The molecule has 2 fully saturated rings. The van der Waals surface area contributed by atoms with E-state index in [1.54, 1.807) is 37.2 Å². The van der Waals surface area contributed by atoms with Crippen LogP contribution in [-0.2, 0) is 0 Å². The molecule has 0 aromatic carbocycles. The summed E-state index contributed by atoms with van der Waals surface area (Å²) in [6.07, 6.45) is 5.32. The Morgan fingerprint density at radius 1 is 1.29 bits per heavy atom. The number of nitrogens with zero attached hydrogens (tertiary/aromatic N) is 4. The van der Waals surface area contributed by atoms with Crippen molar-refractivity contribution in [2.45, 2.75) is 45.0 Å². The number of hydrogen-bond donors (Lipinski definition) is 4. The SMILES string of the molecule is Cc1nc(/C(N)=C(\CN(N)/C=C(\N)CC2CC2)N(C)N)ccc1N1CCCC(F)(F)C1. The fourth-order valence-electron chi connectivity index (χ4n) is 3.88. The molecule has 0 spiro atoms. The highest BCUT2D eigenvalue weighted by atomic mass is 19.3. The van der Waals surface area contributed by atoms with Gasteiger partial charge < -0.3 is 26.4 Å². The van der Waals surface area contributed by atoms with Crippen LogP contribution >= 0.6 is 0 Å². The number of nitrogens with two attached hydrogens (primary N) is 4. The predicted octanol–water partition coefficient (Wildman–Crippen LogP) is 1.83. The van der Waals surface area contributed by atoms with E-state index in [4.69, 9.17) is 23.2 Å². The molecule has 0 unspecified atom stereocenters. The summed E-state index contributed by atoms with van der Waals surface area (Å²) in [6, 6.07) is 3.51. The topological polar surface area (TPSA) is 127 Å². The number of pyridine rings is 1. The van der Waals surface area contributed by atoms with Crippen molar-refractivity contribution in [3.8, 4) is 0 Å². The summed E-state index contributed by atoms with van der Waals surface area (Å²) >= 11 is 0. The summed E-state index contributed by atoms with van der Waals surface area (Å²) in [5.74, 6) is 10.1. The number of hydrogen-bond acceptors (Lipinski definition) is 8. The molecular weight excluding hydrogens is 402 g/mol. The van der Waals surface area contributed by atoms with Crippen molar-refractivity contribution in [3.63, 3.8) is 0 Å². The molecule has 1 aliphatic heterocycles. The molecule has 0 amide bonds. The number of rotatable bonds is 8. The third-order valence-electron chi connectivity index (χ3n) is 5.69. The van der Waals surface area contributed by atoms with Gasteiger partial charge in [-0.2, -0.15) is 0 Å². The normalized spacial score (nSPS) is 19.8. The van der Waals surface area contributed by atoms with Gasteiger partial charge in [0.25, 0.3) is 5.92 Å². The summed E-state index contributed by atoms with van der Waals surface area (Å²) in [4.78, 5) is 6.25. The molecule has 2 heterocycles. The summed E-state index contributed by atoms with van der Waals surface area (Å²) in [5, 5.41) is 2.86. The van der Waals surface area contributed by atoms with Crippen LogP contribution < -0.4 is 28.1 Å². The fraction of sp³-hybridized carbons (Fsp3) is 0.571. The second kappa shape index (κ2) is 9.27. The van der Waals surface area contributed by atoms with E-state index < -0.39 is 5.92 Å². The molecule has 31 heavy (non-hydrogen) atoms. The molecule has 0 atom stereocenters. The molecule has 2 aliphatic rings. The standard InChI is InChI=1S/C21H34F2N8/c1-14-18(30-9-3-8-21(22,23)13-30)7-6-17(28-14)20(25)19(29(2)26)12-31(27)11-16(24)10-15-4-5-15/h6-7,11,15H,3-5,8-10,12-13,24-27H2,1-2H3/b16-11-,20-19-. The maximum absolute atomic E-state index is 13.8. The second-order valence-electron chi connectivity index (χ2n) is 8.68.